The summed E-state index contributed by atoms with van der Waals surface area (Å²) in [6.07, 6.45) is 3.67. The van der Waals surface area contributed by atoms with Crippen molar-refractivity contribution < 1.29 is 20.1 Å². The molecule has 0 amide bonds. The van der Waals surface area contributed by atoms with E-state index in [1.165, 1.54) is 33.4 Å². The van der Waals surface area contributed by atoms with Gasteiger partial charge in [-0.3, -0.25) is 0 Å². The number of rotatable bonds is 2. The SMILES string of the molecule is CC1(C)c2c[c-]c(-c3ccccn3)cc2-c2ccccc2C1(C)C.Cc1c[c-]c(-c2cc(C)ccn2)cc1.[Ir]. The molecule has 2 aromatic heterocycles. The molecule has 1 aliphatic carbocycles. The Labute approximate surface area is 246 Å². The number of nitrogens with zero attached hydrogens (tertiary/aromatic N) is 2. The van der Waals surface area contributed by atoms with Crippen LogP contribution in [0.5, 0.6) is 0 Å². The van der Waals surface area contributed by atoms with E-state index in [1.807, 2.05) is 42.7 Å². The fourth-order valence-corrected chi connectivity index (χ4v) is 5.18. The summed E-state index contributed by atoms with van der Waals surface area (Å²) in [5.41, 5.74) is 12.1. The molecule has 0 saturated heterocycles. The number of benzene rings is 3. The molecule has 0 N–H and O–H groups in total. The summed E-state index contributed by atoms with van der Waals surface area (Å²) >= 11 is 0. The van der Waals surface area contributed by atoms with Gasteiger partial charge in [-0.25, -0.2) is 0 Å². The molecule has 0 saturated carbocycles. The van der Waals surface area contributed by atoms with Crippen LogP contribution in [-0.2, 0) is 30.9 Å². The van der Waals surface area contributed by atoms with Crippen molar-refractivity contribution in [1.29, 1.82) is 0 Å². The first-order chi connectivity index (χ1) is 18.2. The maximum atomic E-state index is 4.49. The number of aryl methyl sites for hydroxylation is 2. The number of hydrogen-bond acceptors (Lipinski definition) is 2. The minimum Gasteiger partial charge on any atom is -0.305 e. The maximum Gasteiger partial charge on any atom is 0.0163 e. The molecule has 3 aromatic carbocycles. The van der Waals surface area contributed by atoms with Crippen LogP contribution >= 0.6 is 0 Å². The summed E-state index contributed by atoms with van der Waals surface area (Å²) in [4.78, 5) is 8.80. The molecular formula is C36H34IrN2-2. The van der Waals surface area contributed by atoms with Crippen LogP contribution in [0.4, 0.5) is 0 Å². The van der Waals surface area contributed by atoms with E-state index in [4.69, 9.17) is 0 Å². The van der Waals surface area contributed by atoms with Gasteiger partial charge < -0.3 is 9.97 Å². The zero-order valence-electron chi connectivity index (χ0n) is 23.5. The van der Waals surface area contributed by atoms with Crippen LogP contribution in [0.1, 0.15) is 49.9 Å². The molecule has 0 spiro atoms. The van der Waals surface area contributed by atoms with E-state index in [1.54, 1.807) is 0 Å². The van der Waals surface area contributed by atoms with Gasteiger partial charge in [-0.15, -0.1) is 64.7 Å². The molecule has 39 heavy (non-hydrogen) atoms. The van der Waals surface area contributed by atoms with E-state index < -0.39 is 0 Å². The van der Waals surface area contributed by atoms with Crippen LogP contribution in [0.15, 0.2) is 97.3 Å². The summed E-state index contributed by atoms with van der Waals surface area (Å²) in [6.45, 7) is 13.5. The Morgan fingerprint density at radius 2 is 1.26 bits per heavy atom. The van der Waals surface area contributed by atoms with E-state index in [2.05, 4.69) is 118 Å². The van der Waals surface area contributed by atoms with E-state index in [9.17, 15) is 0 Å². The molecule has 1 aliphatic rings. The Balaban J connectivity index is 0.000000202. The van der Waals surface area contributed by atoms with Crippen LogP contribution in [-0.4, -0.2) is 9.97 Å². The molecular weight excluding hydrogens is 653 g/mol. The summed E-state index contributed by atoms with van der Waals surface area (Å²) in [6, 6.07) is 36.1. The van der Waals surface area contributed by atoms with Crippen molar-refractivity contribution in [3.8, 4) is 33.6 Å². The molecule has 0 atom stereocenters. The van der Waals surface area contributed by atoms with Crippen molar-refractivity contribution in [2.75, 3.05) is 0 Å². The van der Waals surface area contributed by atoms with Gasteiger partial charge >= 0.3 is 0 Å². The molecule has 0 unspecified atom stereocenters. The second-order valence-corrected chi connectivity index (χ2v) is 11.2. The monoisotopic (exact) mass is 687 g/mol. The Hall–Kier alpha value is -3.39. The van der Waals surface area contributed by atoms with Crippen molar-refractivity contribution in [2.24, 2.45) is 0 Å². The third-order valence-corrected chi connectivity index (χ3v) is 8.18. The molecule has 0 fully saturated rings. The Bertz CT molecular complexity index is 1570. The van der Waals surface area contributed by atoms with Crippen molar-refractivity contribution in [3.63, 3.8) is 0 Å². The van der Waals surface area contributed by atoms with Crippen molar-refractivity contribution in [3.05, 3.63) is 132 Å². The van der Waals surface area contributed by atoms with Gasteiger partial charge in [0.15, 0.2) is 0 Å². The second-order valence-electron chi connectivity index (χ2n) is 11.2. The molecule has 0 bridgehead atoms. The van der Waals surface area contributed by atoms with E-state index in [-0.39, 0.29) is 30.9 Å². The first-order valence-electron chi connectivity index (χ1n) is 13.2. The van der Waals surface area contributed by atoms with Crippen molar-refractivity contribution in [2.45, 2.75) is 52.4 Å². The fourth-order valence-electron chi connectivity index (χ4n) is 5.18. The first-order valence-corrected chi connectivity index (χ1v) is 13.2. The van der Waals surface area contributed by atoms with Crippen LogP contribution in [0.25, 0.3) is 33.6 Å². The van der Waals surface area contributed by atoms with Crippen LogP contribution in [0.2, 0.25) is 0 Å². The number of pyridine rings is 2. The van der Waals surface area contributed by atoms with Gasteiger partial charge in [-0.05, 0) is 52.4 Å². The minimum absolute atomic E-state index is 0. The van der Waals surface area contributed by atoms with Gasteiger partial charge in [0, 0.05) is 32.5 Å². The third kappa shape index (κ3) is 5.53. The first kappa shape index (κ1) is 28.6. The number of fused-ring (bicyclic) bond motifs is 3. The van der Waals surface area contributed by atoms with E-state index >= 15 is 0 Å². The third-order valence-electron chi connectivity index (χ3n) is 8.18. The molecule has 2 nitrogen and oxygen atoms in total. The second kappa shape index (κ2) is 11.4. The quantitative estimate of drug-likeness (QED) is 0.173. The van der Waals surface area contributed by atoms with Gasteiger partial charge in [0.25, 0.3) is 0 Å². The summed E-state index contributed by atoms with van der Waals surface area (Å²) < 4.78 is 0. The van der Waals surface area contributed by atoms with Gasteiger partial charge in [-0.1, -0.05) is 88.2 Å². The molecule has 1 radical (unpaired) electrons. The van der Waals surface area contributed by atoms with Crippen LogP contribution in [0.3, 0.4) is 0 Å². The molecule has 199 valence electrons. The molecule has 3 heteroatoms. The summed E-state index contributed by atoms with van der Waals surface area (Å²) in [7, 11) is 0. The standard InChI is InChI=1S/C23H22N.C13H12N.Ir/c1-22(2)19-10-6-5-9-17(19)18-15-16(21-11-7-8-14-24-21)12-13-20(18)23(22,3)4;1-10-3-5-12(6-4-10)13-9-11(2)7-8-14-13;/h5-11,13-15H,1-4H3;3-5,7-9H,1-2H3;/q2*-1;. The normalized spacial score (nSPS) is 14.1. The van der Waals surface area contributed by atoms with E-state index in [0.29, 0.717) is 0 Å². The average Bonchev–Trinajstić information content (AvgIpc) is 2.93. The van der Waals surface area contributed by atoms with Crippen molar-refractivity contribution in [1.82, 2.24) is 9.97 Å². The zero-order chi connectivity index (χ0) is 26.9. The predicted octanol–water partition coefficient (Wildman–Crippen LogP) is 8.95. The Morgan fingerprint density at radius 3 is 1.95 bits per heavy atom. The average molecular weight is 687 g/mol. The predicted molar refractivity (Wildman–Crippen MR) is 158 cm³/mol. The number of hydrogen-bond donors (Lipinski definition) is 0. The van der Waals surface area contributed by atoms with Crippen LogP contribution < -0.4 is 0 Å². The van der Waals surface area contributed by atoms with Gasteiger partial charge in [-0.2, -0.15) is 0 Å². The van der Waals surface area contributed by atoms with Gasteiger partial charge in [0.2, 0.25) is 0 Å². The topological polar surface area (TPSA) is 25.8 Å². The van der Waals surface area contributed by atoms with Gasteiger partial charge in [0.1, 0.15) is 0 Å². The minimum atomic E-state index is 0. The Kier molecular flexibility index (Phi) is 8.35. The fraction of sp³-hybridized carbons (Fsp3) is 0.222. The molecule has 5 aromatic rings. The van der Waals surface area contributed by atoms with E-state index in [0.717, 1.165) is 22.5 Å². The Morgan fingerprint density at radius 1 is 0.564 bits per heavy atom. The molecule has 6 rings (SSSR count). The maximum absolute atomic E-state index is 4.49. The van der Waals surface area contributed by atoms with Crippen LogP contribution in [0, 0.1) is 26.0 Å². The zero-order valence-corrected chi connectivity index (χ0v) is 25.9. The summed E-state index contributed by atoms with van der Waals surface area (Å²) in [5.74, 6) is 0. The largest absolute Gasteiger partial charge is 0.305 e. The summed E-state index contributed by atoms with van der Waals surface area (Å²) in [5, 5.41) is 0. The van der Waals surface area contributed by atoms with Gasteiger partial charge in [0.05, 0.1) is 0 Å². The smallest absolute Gasteiger partial charge is 0.0163 e. The van der Waals surface area contributed by atoms with Crippen molar-refractivity contribution >= 4 is 0 Å². The molecule has 2 heterocycles. The molecule has 0 aliphatic heterocycles. The number of aromatic nitrogens is 2.